The molecule has 0 atom stereocenters. The fourth-order valence-electron chi connectivity index (χ4n) is 1.66. The number of sulfonamides is 1. The van der Waals surface area contributed by atoms with Crippen LogP contribution in [0.15, 0.2) is 17.3 Å². The third-order valence-electron chi connectivity index (χ3n) is 2.99. The standard InChI is InChI=1S/C11H20N4O2S/c1-12-5-2-6-15-9-11(8-13-15)18(16,17)14-7-10-3-4-10/h8-10,12,14H,2-7H2,1H3. The lowest BCUT2D eigenvalue weighted by molar-refractivity contribution is 0.559. The van der Waals surface area contributed by atoms with Crippen LogP contribution in [0.25, 0.3) is 0 Å². The van der Waals surface area contributed by atoms with Gasteiger partial charge in [0.2, 0.25) is 10.0 Å². The van der Waals surface area contributed by atoms with E-state index in [4.69, 9.17) is 0 Å². The molecule has 2 rings (SSSR count). The Bertz CT molecular complexity index is 479. The van der Waals surface area contributed by atoms with Crippen molar-refractivity contribution in [3.8, 4) is 0 Å². The van der Waals surface area contributed by atoms with Crippen LogP contribution in [0.3, 0.4) is 0 Å². The molecule has 7 heteroatoms. The summed E-state index contributed by atoms with van der Waals surface area (Å²) in [6.07, 6.45) is 6.18. The van der Waals surface area contributed by atoms with E-state index in [9.17, 15) is 8.42 Å². The summed E-state index contributed by atoms with van der Waals surface area (Å²) in [4.78, 5) is 0.257. The van der Waals surface area contributed by atoms with Gasteiger partial charge in [-0.05, 0) is 38.8 Å². The van der Waals surface area contributed by atoms with Crippen molar-refractivity contribution in [1.29, 1.82) is 0 Å². The predicted molar refractivity (Wildman–Crippen MR) is 68.7 cm³/mol. The van der Waals surface area contributed by atoms with Crippen LogP contribution in [0.5, 0.6) is 0 Å². The van der Waals surface area contributed by atoms with Crippen molar-refractivity contribution in [1.82, 2.24) is 19.8 Å². The number of hydrogen-bond donors (Lipinski definition) is 2. The molecule has 2 N–H and O–H groups in total. The molecule has 0 unspecified atom stereocenters. The second-order valence-electron chi connectivity index (χ2n) is 4.69. The number of nitrogens with one attached hydrogen (secondary N) is 2. The van der Waals surface area contributed by atoms with Crippen LogP contribution >= 0.6 is 0 Å². The molecule has 1 fully saturated rings. The number of nitrogens with zero attached hydrogens (tertiary/aromatic N) is 2. The Labute approximate surface area is 108 Å². The minimum absolute atomic E-state index is 0.257. The van der Waals surface area contributed by atoms with E-state index in [0.29, 0.717) is 12.5 Å². The van der Waals surface area contributed by atoms with Crippen LogP contribution in [0.2, 0.25) is 0 Å². The van der Waals surface area contributed by atoms with Crippen molar-refractivity contribution in [2.75, 3.05) is 20.1 Å². The van der Waals surface area contributed by atoms with Crippen LogP contribution < -0.4 is 10.0 Å². The number of aromatic nitrogens is 2. The van der Waals surface area contributed by atoms with Gasteiger partial charge in [0, 0.05) is 19.3 Å². The molecule has 1 aromatic rings. The molecule has 102 valence electrons. The van der Waals surface area contributed by atoms with Gasteiger partial charge in [0.1, 0.15) is 4.90 Å². The summed E-state index contributed by atoms with van der Waals surface area (Å²) in [5, 5.41) is 7.11. The summed E-state index contributed by atoms with van der Waals surface area (Å²) in [7, 11) is -1.48. The largest absolute Gasteiger partial charge is 0.320 e. The lowest BCUT2D eigenvalue weighted by atomic mass is 10.4. The highest BCUT2D eigenvalue weighted by Gasteiger charge is 2.24. The first-order valence-electron chi connectivity index (χ1n) is 6.28. The van der Waals surface area contributed by atoms with E-state index in [2.05, 4.69) is 15.1 Å². The van der Waals surface area contributed by atoms with Crippen molar-refractivity contribution < 1.29 is 8.42 Å². The molecule has 0 aromatic carbocycles. The summed E-state index contributed by atoms with van der Waals surface area (Å²) in [6.45, 7) is 2.16. The maximum absolute atomic E-state index is 11.9. The molecule has 0 spiro atoms. The monoisotopic (exact) mass is 272 g/mol. The highest BCUT2D eigenvalue weighted by atomic mass is 32.2. The summed E-state index contributed by atoms with van der Waals surface area (Å²) in [6, 6.07) is 0. The maximum atomic E-state index is 11.9. The zero-order valence-electron chi connectivity index (χ0n) is 10.6. The Morgan fingerprint density at radius 3 is 2.94 bits per heavy atom. The Balaban J connectivity index is 1.90. The molecule has 0 amide bonds. The van der Waals surface area contributed by atoms with Gasteiger partial charge in [0.05, 0.1) is 6.20 Å². The Kier molecular flexibility index (Phi) is 4.36. The van der Waals surface area contributed by atoms with E-state index in [1.54, 1.807) is 10.9 Å². The average Bonchev–Trinajstić information content (AvgIpc) is 3.05. The topological polar surface area (TPSA) is 76.0 Å². The van der Waals surface area contributed by atoms with Gasteiger partial charge in [-0.1, -0.05) is 0 Å². The molecular formula is C11H20N4O2S. The first kappa shape index (κ1) is 13.5. The summed E-state index contributed by atoms with van der Waals surface area (Å²) in [5.74, 6) is 0.533. The first-order chi connectivity index (χ1) is 8.62. The van der Waals surface area contributed by atoms with E-state index < -0.39 is 10.0 Å². The molecule has 18 heavy (non-hydrogen) atoms. The fraction of sp³-hybridized carbons (Fsp3) is 0.727. The van der Waals surface area contributed by atoms with Crippen molar-refractivity contribution in [3.63, 3.8) is 0 Å². The van der Waals surface area contributed by atoms with Crippen molar-refractivity contribution >= 4 is 10.0 Å². The van der Waals surface area contributed by atoms with E-state index in [1.165, 1.54) is 6.20 Å². The van der Waals surface area contributed by atoms with Crippen molar-refractivity contribution in [3.05, 3.63) is 12.4 Å². The molecular weight excluding hydrogens is 252 g/mol. The smallest absolute Gasteiger partial charge is 0.243 e. The quantitative estimate of drug-likeness (QED) is 0.662. The summed E-state index contributed by atoms with van der Waals surface area (Å²) < 4.78 is 28.2. The lowest BCUT2D eigenvalue weighted by Crippen LogP contribution is -2.25. The van der Waals surface area contributed by atoms with Gasteiger partial charge in [-0.25, -0.2) is 13.1 Å². The molecule has 1 aliphatic rings. The van der Waals surface area contributed by atoms with E-state index >= 15 is 0 Å². The number of rotatable bonds is 8. The maximum Gasteiger partial charge on any atom is 0.243 e. The van der Waals surface area contributed by atoms with E-state index in [-0.39, 0.29) is 4.90 Å². The minimum atomic E-state index is -3.37. The zero-order valence-corrected chi connectivity index (χ0v) is 11.4. The Morgan fingerprint density at radius 1 is 1.50 bits per heavy atom. The van der Waals surface area contributed by atoms with Crippen LogP contribution in [0.1, 0.15) is 19.3 Å². The second-order valence-corrected chi connectivity index (χ2v) is 6.46. The Hall–Kier alpha value is -0.920. The van der Waals surface area contributed by atoms with Crippen LogP contribution in [-0.4, -0.2) is 38.3 Å². The second kappa shape index (κ2) is 5.81. The van der Waals surface area contributed by atoms with E-state index in [1.807, 2.05) is 7.05 Å². The number of aryl methyl sites for hydroxylation is 1. The fourth-order valence-corrected chi connectivity index (χ4v) is 2.72. The molecule has 1 aliphatic carbocycles. The third-order valence-corrected chi connectivity index (χ3v) is 4.37. The summed E-state index contributed by atoms with van der Waals surface area (Å²) in [5.41, 5.74) is 0. The van der Waals surface area contributed by atoms with Crippen LogP contribution in [-0.2, 0) is 16.6 Å². The van der Waals surface area contributed by atoms with Crippen LogP contribution in [0, 0.1) is 5.92 Å². The van der Waals surface area contributed by atoms with Gasteiger partial charge >= 0.3 is 0 Å². The van der Waals surface area contributed by atoms with Gasteiger partial charge in [0.25, 0.3) is 0 Å². The highest BCUT2D eigenvalue weighted by molar-refractivity contribution is 7.89. The first-order valence-corrected chi connectivity index (χ1v) is 7.77. The summed E-state index contributed by atoms with van der Waals surface area (Å²) >= 11 is 0. The van der Waals surface area contributed by atoms with Gasteiger partial charge in [-0.3, -0.25) is 4.68 Å². The predicted octanol–water partition coefficient (Wildman–Crippen LogP) is 0.181. The average molecular weight is 272 g/mol. The minimum Gasteiger partial charge on any atom is -0.320 e. The Morgan fingerprint density at radius 2 is 2.28 bits per heavy atom. The molecule has 0 bridgehead atoms. The molecule has 1 heterocycles. The molecule has 0 aliphatic heterocycles. The molecule has 6 nitrogen and oxygen atoms in total. The molecule has 1 saturated carbocycles. The molecule has 0 saturated heterocycles. The highest BCUT2D eigenvalue weighted by Crippen LogP contribution is 2.28. The lowest BCUT2D eigenvalue weighted by Gasteiger charge is -2.03. The van der Waals surface area contributed by atoms with Crippen molar-refractivity contribution in [2.24, 2.45) is 5.92 Å². The van der Waals surface area contributed by atoms with Gasteiger partial charge in [-0.15, -0.1) is 0 Å². The van der Waals surface area contributed by atoms with Crippen LogP contribution in [0.4, 0.5) is 0 Å². The zero-order chi connectivity index (χ0) is 13.0. The third kappa shape index (κ3) is 3.79. The number of hydrogen-bond acceptors (Lipinski definition) is 4. The molecule has 0 radical (unpaired) electrons. The SMILES string of the molecule is CNCCCn1cc(S(=O)(=O)NCC2CC2)cn1. The van der Waals surface area contributed by atoms with Gasteiger partial charge in [0.15, 0.2) is 0 Å². The normalized spacial score (nSPS) is 16.1. The molecule has 1 aromatic heterocycles. The van der Waals surface area contributed by atoms with E-state index in [0.717, 1.165) is 32.4 Å². The van der Waals surface area contributed by atoms with Gasteiger partial charge in [-0.2, -0.15) is 5.10 Å². The van der Waals surface area contributed by atoms with Gasteiger partial charge < -0.3 is 5.32 Å². The van der Waals surface area contributed by atoms with Crippen molar-refractivity contribution in [2.45, 2.75) is 30.7 Å².